The van der Waals surface area contributed by atoms with E-state index in [9.17, 15) is 4.79 Å². The number of carbonyl (C=O) groups excluding carboxylic acids is 1. The average molecular weight is 249 g/mol. The van der Waals surface area contributed by atoms with E-state index in [4.69, 9.17) is 5.73 Å². The van der Waals surface area contributed by atoms with Crippen molar-refractivity contribution in [2.45, 2.75) is 45.6 Å². The normalized spacial score (nSPS) is 12.5. The molecule has 0 heterocycles. The number of nitrogens with one attached hydrogen (secondary N) is 1. The maximum Gasteiger partial charge on any atom is 0.243 e. The number of amides is 1. The van der Waals surface area contributed by atoms with Gasteiger partial charge in [0.15, 0.2) is 0 Å². The number of hydrogen-bond acceptors (Lipinski definition) is 2. The third-order valence-corrected chi connectivity index (χ3v) is 3.33. The highest BCUT2D eigenvalue weighted by Crippen LogP contribution is 2.24. The summed E-state index contributed by atoms with van der Waals surface area (Å²) in [5, 5.41) is 2.82. The minimum atomic E-state index is -0.163. The van der Waals surface area contributed by atoms with E-state index in [1.165, 1.54) is 6.08 Å². The Hall–Kier alpha value is -0.540. The summed E-state index contributed by atoms with van der Waals surface area (Å²) in [7, 11) is 0. The Balaban J connectivity index is 0. The first-order valence-corrected chi connectivity index (χ1v) is 5.73. The Morgan fingerprint density at radius 2 is 1.94 bits per heavy atom. The van der Waals surface area contributed by atoms with Crippen LogP contribution >= 0.6 is 12.4 Å². The van der Waals surface area contributed by atoms with Gasteiger partial charge in [-0.1, -0.05) is 27.4 Å². The lowest BCUT2D eigenvalue weighted by Gasteiger charge is -2.35. The van der Waals surface area contributed by atoms with Gasteiger partial charge in [0.25, 0.3) is 0 Å². The lowest BCUT2D eigenvalue weighted by atomic mass is 9.78. The summed E-state index contributed by atoms with van der Waals surface area (Å²) in [5.41, 5.74) is 6.14. The average Bonchev–Trinajstić information content (AvgIpc) is 2.28. The number of hydrogen-bond donors (Lipinski definition) is 2. The van der Waals surface area contributed by atoms with Crippen molar-refractivity contribution in [3.05, 3.63) is 12.7 Å². The van der Waals surface area contributed by atoms with Gasteiger partial charge in [-0.15, -0.1) is 12.4 Å². The Labute approximate surface area is 105 Å². The summed E-state index contributed by atoms with van der Waals surface area (Å²) in [4.78, 5) is 11.1. The van der Waals surface area contributed by atoms with Gasteiger partial charge in [-0.05, 0) is 31.3 Å². The predicted octanol–water partition coefficient (Wildman–Crippen LogP) is 2.25. The number of rotatable bonds is 7. The molecule has 96 valence electrons. The largest absolute Gasteiger partial charge is 0.352 e. The van der Waals surface area contributed by atoms with Gasteiger partial charge in [-0.25, -0.2) is 0 Å². The molecule has 1 atom stereocenters. The fourth-order valence-electron chi connectivity index (χ4n) is 1.88. The minimum Gasteiger partial charge on any atom is -0.352 e. The van der Waals surface area contributed by atoms with Crippen LogP contribution in [0.2, 0.25) is 0 Å². The van der Waals surface area contributed by atoms with Gasteiger partial charge in [0.2, 0.25) is 5.91 Å². The van der Waals surface area contributed by atoms with Crippen molar-refractivity contribution in [2.75, 3.05) is 6.54 Å². The Morgan fingerprint density at radius 3 is 2.25 bits per heavy atom. The second kappa shape index (κ2) is 8.59. The van der Waals surface area contributed by atoms with Gasteiger partial charge in [-0.3, -0.25) is 4.79 Å². The van der Waals surface area contributed by atoms with Crippen LogP contribution in [0, 0.1) is 5.92 Å². The van der Waals surface area contributed by atoms with Gasteiger partial charge in [0.05, 0.1) is 0 Å². The van der Waals surface area contributed by atoms with E-state index in [-0.39, 0.29) is 23.9 Å². The molecule has 0 spiro atoms. The highest BCUT2D eigenvalue weighted by molar-refractivity contribution is 5.86. The molecule has 0 aromatic heterocycles. The molecule has 1 amide bonds. The van der Waals surface area contributed by atoms with Crippen molar-refractivity contribution in [3.8, 4) is 0 Å². The Bertz CT molecular complexity index is 215. The molecule has 0 aromatic rings. The van der Waals surface area contributed by atoms with Crippen LogP contribution in [0.1, 0.15) is 40.0 Å². The monoisotopic (exact) mass is 248 g/mol. The standard InChI is InChI=1S/C12H24N2O.ClH/c1-5-10(9-14-11(15)6-2)12(13,7-3)8-4;/h6,10H,2,5,7-9,13H2,1,3-4H3,(H,14,15);1H. The van der Waals surface area contributed by atoms with Crippen molar-refractivity contribution in [3.63, 3.8) is 0 Å². The molecule has 0 saturated heterocycles. The Kier molecular flexibility index (Phi) is 9.58. The van der Waals surface area contributed by atoms with Gasteiger partial charge >= 0.3 is 0 Å². The second-order valence-electron chi connectivity index (χ2n) is 3.99. The molecule has 0 radical (unpaired) electrons. The third-order valence-electron chi connectivity index (χ3n) is 3.33. The SMILES string of the molecule is C=CC(=O)NCC(CC)C(N)(CC)CC.Cl. The summed E-state index contributed by atoms with van der Waals surface area (Å²) < 4.78 is 0. The Morgan fingerprint density at radius 1 is 1.44 bits per heavy atom. The van der Waals surface area contributed by atoms with Crippen LogP contribution in [0.3, 0.4) is 0 Å². The van der Waals surface area contributed by atoms with E-state index < -0.39 is 0 Å². The van der Waals surface area contributed by atoms with Gasteiger partial charge in [0, 0.05) is 12.1 Å². The van der Waals surface area contributed by atoms with Crippen LogP contribution in [-0.4, -0.2) is 18.0 Å². The van der Waals surface area contributed by atoms with Gasteiger partial charge < -0.3 is 11.1 Å². The number of carbonyl (C=O) groups is 1. The highest BCUT2D eigenvalue weighted by Gasteiger charge is 2.29. The van der Waals surface area contributed by atoms with Crippen LogP contribution in [0.25, 0.3) is 0 Å². The summed E-state index contributed by atoms with van der Waals surface area (Å²) in [6.45, 7) is 10.4. The number of nitrogens with two attached hydrogens (primary N) is 1. The van der Waals surface area contributed by atoms with Crippen LogP contribution in [0.4, 0.5) is 0 Å². The zero-order valence-corrected chi connectivity index (χ0v) is 11.4. The number of halogens is 1. The first-order valence-electron chi connectivity index (χ1n) is 5.73. The zero-order valence-electron chi connectivity index (χ0n) is 10.6. The fourth-order valence-corrected chi connectivity index (χ4v) is 1.88. The molecule has 0 aromatic carbocycles. The van der Waals surface area contributed by atoms with E-state index in [1.807, 2.05) is 0 Å². The molecule has 0 aliphatic rings. The molecule has 0 aliphatic carbocycles. The predicted molar refractivity (Wildman–Crippen MR) is 71.7 cm³/mol. The first-order chi connectivity index (χ1) is 7.03. The summed E-state index contributed by atoms with van der Waals surface area (Å²) in [6, 6.07) is 0. The van der Waals surface area contributed by atoms with Gasteiger partial charge in [-0.2, -0.15) is 0 Å². The lowest BCUT2D eigenvalue weighted by Crippen LogP contribution is -2.50. The molecule has 0 rings (SSSR count). The molecular weight excluding hydrogens is 224 g/mol. The molecule has 16 heavy (non-hydrogen) atoms. The van der Waals surface area contributed by atoms with Crippen LogP contribution < -0.4 is 11.1 Å². The van der Waals surface area contributed by atoms with E-state index >= 15 is 0 Å². The molecule has 0 bridgehead atoms. The summed E-state index contributed by atoms with van der Waals surface area (Å²) >= 11 is 0. The second-order valence-corrected chi connectivity index (χ2v) is 3.99. The molecule has 0 saturated carbocycles. The minimum absolute atomic E-state index is 0. The molecule has 1 unspecified atom stereocenters. The summed E-state index contributed by atoms with van der Waals surface area (Å²) in [5.74, 6) is 0.208. The van der Waals surface area contributed by atoms with Crippen molar-refractivity contribution < 1.29 is 4.79 Å². The molecule has 4 heteroatoms. The quantitative estimate of drug-likeness (QED) is 0.679. The van der Waals surface area contributed by atoms with Crippen molar-refractivity contribution in [1.82, 2.24) is 5.32 Å². The molecule has 0 aliphatic heterocycles. The summed E-state index contributed by atoms with van der Waals surface area (Å²) in [6.07, 6.45) is 4.15. The van der Waals surface area contributed by atoms with Crippen molar-refractivity contribution in [2.24, 2.45) is 11.7 Å². The first kappa shape index (κ1) is 17.8. The van der Waals surface area contributed by atoms with Gasteiger partial charge in [0.1, 0.15) is 0 Å². The van der Waals surface area contributed by atoms with Crippen LogP contribution in [0.5, 0.6) is 0 Å². The molecule has 3 N–H and O–H groups in total. The maximum atomic E-state index is 11.1. The van der Waals surface area contributed by atoms with E-state index in [2.05, 4.69) is 32.7 Å². The van der Waals surface area contributed by atoms with Crippen molar-refractivity contribution >= 4 is 18.3 Å². The maximum absolute atomic E-state index is 11.1. The molecular formula is C12H25ClN2O. The van der Waals surface area contributed by atoms with Crippen LogP contribution in [-0.2, 0) is 4.79 Å². The van der Waals surface area contributed by atoms with E-state index in [1.54, 1.807) is 0 Å². The zero-order chi connectivity index (χ0) is 11.9. The highest BCUT2D eigenvalue weighted by atomic mass is 35.5. The smallest absolute Gasteiger partial charge is 0.243 e. The topological polar surface area (TPSA) is 55.1 Å². The van der Waals surface area contributed by atoms with E-state index in [0.29, 0.717) is 12.5 Å². The van der Waals surface area contributed by atoms with Crippen LogP contribution in [0.15, 0.2) is 12.7 Å². The van der Waals surface area contributed by atoms with E-state index in [0.717, 1.165) is 19.3 Å². The lowest BCUT2D eigenvalue weighted by molar-refractivity contribution is -0.116. The van der Waals surface area contributed by atoms with Crippen molar-refractivity contribution in [1.29, 1.82) is 0 Å². The third kappa shape index (κ3) is 4.99. The molecule has 0 fully saturated rings. The molecule has 3 nitrogen and oxygen atoms in total. The fraction of sp³-hybridized carbons (Fsp3) is 0.750.